The molecule has 5 heteroatoms. The number of nitrogens with one attached hydrogen (secondary N) is 1. The Hall–Kier alpha value is -2.42. The number of aryl methyl sites for hydroxylation is 1. The minimum absolute atomic E-state index is 0.144. The van der Waals surface area contributed by atoms with Gasteiger partial charge in [-0.05, 0) is 45.3 Å². The Bertz CT molecular complexity index is 695. The lowest BCUT2D eigenvalue weighted by Crippen LogP contribution is -2.28. The first-order chi connectivity index (χ1) is 12.1. The summed E-state index contributed by atoms with van der Waals surface area (Å²) in [6, 6.07) is 15.8. The molecule has 0 fully saturated rings. The van der Waals surface area contributed by atoms with Crippen LogP contribution >= 0.6 is 0 Å². The molecule has 1 aromatic heterocycles. The van der Waals surface area contributed by atoms with Gasteiger partial charge in [-0.3, -0.25) is 0 Å². The van der Waals surface area contributed by atoms with Crippen LogP contribution in [0.5, 0.6) is 5.88 Å². The van der Waals surface area contributed by atoms with Crippen LogP contribution in [-0.4, -0.2) is 43.6 Å². The molecule has 0 spiro atoms. The zero-order valence-corrected chi connectivity index (χ0v) is 15.2. The number of hydrogen-bond acceptors (Lipinski definition) is 5. The van der Waals surface area contributed by atoms with E-state index in [1.165, 1.54) is 0 Å². The number of nitriles is 1. The predicted octanol–water partition coefficient (Wildman–Crippen LogP) is 2.92. The van der Waals surface area contributed by atoms with E-state index in [2.05, 4.69) is 35.4 Å². The number of benzene rings is 1. The van der Waals surface area contributed by atoms with E-state index in [1.54, 1.807) is 6.07 Å². The molecule has 0 aliphatic rings. The van der Waals surface area contributed by atoms with E-state index in [1.807, 2.05) is 43.3 Å². The average molecular weight is 338 g/mol. The molecule has 0 aliphatic carbocycles. The molecule has 0 saturated heterocycles. The Balaban J connectivity index is 2.08. The van der Waals surface area contributed by atoms with Crippen LogP contribution in [0.3, 0.4) is 0 Å². The third-order valence-electron chi connectivity index (χ3n) is 3.86. The first kappa shape index (κ1) is 18.9. The van der Waals surface area contributed by atoms with Crippen molar-refractivity contribution in [1.29, 1.82) is 5.26 Å². The van der Waals surface area contributed by atoms with Crippen LogP contribution in [-0.2, 0) is 0 Å². The van der Waals surface area contributed by atoms with Gasteiger partial charge in [-0.15, -0.1) is 0 Å². The molecule has 2 rings (SSSR count). The average Bonchev–Trinajstić information content (AvgIpc) is 2.61. The molecule has 1 atom stereocenters. The third kappa shape index (κ3) is 6.18. The van der Waals surface area contributed by atoms with Crippen LogP contribution < -0.4 is 10.1 Å². The summed E-state index contributed by atoms with van der Waals surface area (Å²) in [4.78, 5) is 6.55. The van der Waals surface area contributed by atoms with Gasteiger partial charge in [0.2, 0.25) is 5.88 Å². The Kier molecular flexibility index (Phi) is 7.39. The van der Waals surface area contributed by atoms with Crippen molar-refractivity contribution in [1.82, 2.24) is 15.2 Å². The molecule has 0 radical (unpaired) electrons. The summed E-state index contributed by atoms with van der Waals surface area (Å²) in [6.45, 7) is 4.66. The predicted molar refractivity (Wildman–Crippen MR) is 99.5 cm³/mol. The summed E-state index contributed by atoms with van der Waals surface area (Å²) in [5, 5.41) is 12.7. The normalized spacial score (nSPS) is 12.0. The molecule has 0 unspecified atom stereocenters. The quantitative estimate of drug-likeness (QED) is 0.712. The molecule has 0 aliphatic heterocycles. The molecular weight excluding hydrogens is 312 g/mol. The molecule has 0 amide bonds. The maximum absolute atomic E-state index is 9.30. The number of ether oxygens (including phenoxy) is 1. The molecule has 2 aromatic rings. The molecule has 132 valence electrons. The van der Waals surface area contributed by atoms with Gasteiger partial charge in [-0.25, -0.2) is 4.98 Å². The third-order valence-corrected chi connectivity index (χ3v) is 3.86. The van der Waals surface area contributed by atoms with Crippen molar-refractivity contribution in [2.75, 3.05) is 33.7 Å². The molecule has 1 N–H and O–H groups in total. The van der Waals surface area contributed by atoms with E-state index in [9.17, 15) is 5.26 Å². The lowest BCUT2D eigenvalue weighted by atomic mass is 10.1. The fraction of sp³-hybridized carbons (Fsp3) is 0.400. The van der Waals surface area contributed by atoms with Gasteiger partial charge in [0, 0.05) is 25.2 Å². The number of hydrogen-bond donors (Lipinski definition) is 1. The smallest absolute Gasteiger partial charge is 0.232 e. The van der Waals surface area contributed by atoms with Crippen LogP contribution in [0, 0.1) is 18.3 Å². The molecular formula is C20H26N4O. The van der Waals surface area contributed by atoms with Crippen molar-refractivity contribution in [2.45, 2.75) is 19.4 Å². The number of rotatable bonds is 9. The number of pyridine rings is 1. The van der Waals surface area contributed by atoms with Gasteiger partial charge in [0.05, 0.1) is 0 Å². The van der Waals surface area contributed by atoms with Crippen LogP contribution in [0.2, 0.25) is 0 Å². The van der Waals surface area contributed by atoms with E-state index in [0.29, 0.717) is 11.4 Å². The maximum Gasteiger partial charge on any atom is 0.232 e. The highest BCUT2D eigenvalue weighted by molar-refractivity contribution is 5.39. The fourth-order valence-corrected chi connectivity index (χ4v) is 2.46. The monoisotopic (exact) mass is 338 g/mol. The highest BCUT2D eigenvalue weighted by atomic mass is 16.5. The van der Waals surface area contributed by atoms with Gasteiger partial charge in [0.15, 0.2) is 0 Å². The zero-order valence-electron chi connectivity index (χ0n) is 15.2. The van der Waals surface area contributed by atoms with Crippen molar-refractivity contribution < 1.29 is 4.74 Å². The lowest BCUT2D eigenvalue weighted by molar-refractivity contribution is 0.184. The topological polar surface area (TPSA) is 61.2 Å². The summed E-state index contributed by atoms with van der Waals surface area (Å²) in [5.74, 6) is 0.407. The van der Waals surface area contributed by atoms with Crippen LogP contribution in [0.15, 0.2) is 42.5 Å². The van der Waals surface area contributed by atoms with E-state index in [4.69, 9.17) is 4.74 Å². The Morgan fingerprint density at radius 2 is 1.92 bits per heavy atom. The summed E-state index contributed by atoms with van der Waals surface area (Å²) < 4.78 is 6.15. The van der Waals surface area contributed by atoms with Gasteiger partial charge in [-0.2, -0.15) is 5.26 Å². The Labute approximate surface area is 150 Å². The van der Waals surface area contributed by atoms with Crippen molar-refractivity contribution >= 4 is 0 Å². The molecule has 1 aromatic carbocycles. The van der Waals surface area contributed by atoms with E-state index < -0.39 is 0 Å². The first-order valence-corrected chi connectivity index (χ1v) is 8.55. The second-order valence-corrected chi connectivity index (χ2v) is 6.28. The maximum atomic E-state index is 9.30. The summed E-state index contributed by atoms with van der Waals surface area (Å²) in [7, 11) is 4.12. The second-order valence-electron chi connectivity index (χ2n) is 6.28. The van der Waals surface area contributed by atoms with Crippen molar-refractivity contribution in [3.8, 4) is 11.9 Å². The van der Waals surface area contributed by atoms with Crippen molar-refractivity contribution in [3.05, 3.63) is 59.3 Å². The summed E-state index contributed by atoms with van der Waals surface area (Å²) >= 11 is 0. The van der Waals surface area contributed by atoms with Crippen molar-refractivity contribution in [3.63, 3.8) is 0 Å². The Morgan fingerprint density at radius 1 is 1.16 bits per heavy atom. The number of likely N-dealkylation sites (N-methyl/N-ethyl adjacent to an activating group) is 1. The largest absolute Gasteiger partial charge is 0.468 e. The highest BCUT2D eigenvalue weighted by Gasteiger charge is 2.16. The molecule has 5 nitrogen and oxygen atoms in total. The van der Waals surface area contributed by atoms with Gasteiger partial charge < -0.3 is 15.0 Å². The van der Waals surface area contributed by atoms with E-state index in [0.717, 1.165) is 37.3 Å². The molecule has 0 saturated carbocycles. The zero-order chi connectivity index (χ0) is 18.1. The van der Waals surface area contributed by atoms with Gasteiger partial charge in [-0.1, -0.05) is 30.3 Å². The number of nitrogens with zero attached hydrogens (tertiary/aromatic N) is 3. The highest BCUT2D eigenvalue weighted by Crippen LogP contribution is 2.26. The van der Waals surface area contributed by atoms with Gasteiger partial charge >= 0.3 is 0 Å². The number of aromatic nitrogens is 1. The minimum Gasteiger partial charge on any atom is -0.468 e. The Morgan fingerprint density at radius 3 is 2.60 bits per heavy atom. The van der Waals surface area contributed by atoms with Crippen molar-refractivity contribution in [2.24, 2.45) is 0 Å². The van der Waals surface area contributed by atoms with Crippen LogP contribution in [0.1, 0.15) is 29.3 Å². The summed E-state index contributed by atoms with van der Waals surface area (Å²) in [5.41, 5.74) is 2.39. The SMILES string of the molecule is Cc1ccc(C#N)c(O[C@H](CCNCCN(C)C)c2ccccc2)n1. The molecule has 1 heterocycles. The minimum atomic E-state index is -0.144. The first-order valence-electron chi connectivity index (χ1n) is 8.55. The molecule has 25 heavy (non-hydrogen) atoms. The van der Waals surface area contributed by atoms with E-state index >= 15 is 0 Å². The van der Waals surface area contributed by atoms with Gasteiger partial charge in [0.1, 0.15) is 17.7 Å². The fourth-order valence-electron chi connectivity index (χ4n) is 2.46. The van der Waals surface area contributed by atoms with E-state index in [-0.39, 0.29) is 6.10 Å². The second kappa shape index (κ2) is 9.77. The van der Waals surface area contributed by atoms with Crippen LogP contribution in [0.25, 0.3) is 0 Å². The standard InChI is InChI=1S/C20H26N4O/c1-16-9-10-18(15-21)20(23-16)25-19(17-7-5-4-6-8-17)11-12-22-13-14-24(2)3/h4-10,19,22H,11-14H2,1-3H3/t19-/m1/s1. The van der Waals surface area contributed by atoms with Gasteiger partial charge in [0.25, 0.3) is 0 Å². The lowest BCUT2D eigenvalue weighted by Gasteiger charge is -2.20. The van der Waals surface area contributed by atoms with Crippen LogP contribution in [0.4, 0.5) is 0 Å². The molecule has 0 bridgehead atoms. The summed E-state index contributed by atoms with van der Waals surface area (Å²) in [6.07, 6.45) is 0.659.